The summed E-state index contributed by atoms with van der Waals surface area (Å²) in [7, 11) is 0. The molecule has 0 saturated heterocycles. The highest BCUT2D eigenvalue weighted by Gasteiger charge is 2.20. The van der Waals surface area contributed by atoms with Gasteiger partial charge in [0.25, 0.3) is 0 Å². The van der Waals surface area contributed by atoms with Crippen LogP contribution in [0.5, 0.6) is 5.88 Å². The second kappa shape index (κ2) is 5.05. The van der Waals surface area contributed by atoms with Crippen molar-refractivity contribution in [2.24, 2.45) is 5.73 Å². The van der Waals surface area contributed by atoms with Crippen LogP contribution in [0.2, 0.25) is 0 Å². The van der Waals surface area contributed by atoms with Gasteiger partial charge in [-0.25, -0.2) is 4.98 Å². The summed E-state index contributed by atoms with van der Waals surface area (Å²) in [5.74, 6) is 0.670. The van der Waals surface area contributed by atoms with Gasteiger partial charge in [0.05, 0.1) is 18.5 Å². The Balaban J connectivity index is 1.94. The van der Waals surface area contributed by atoms with E-state index < -0.39 is 0 Å². The summed E-state index contributed by atoms with van der Waals surface area (Å²) in [6.07, 6.45) is 7.27. The van der Waals surface area contributed by atoms with Crippen LogP contribution in [0.15, 0.2) is 30.6 Å². The van der Waals surface area contributed by atoms with Gasteiger partial charge in [0, 0.05) is 24.0 Å². The topological polar surface area (TPSA) is 53.1 Å². The molecule has 100 valence electrons. The number of hydrogen-bond acceptors (Lipinski definition) is 3. The number of nitrogens with two attached hydrogens (primary N) is 1. The highest BCUT2D eigenvalue weighted by atomic mass is 16.5. The second-order valence-electron chi connectivity index (χ2n) is 4.87. The SMILES string of the molecule is CCOc1ccc(-n2ccc3c2CCCC3N)cn1. The molecule has 0 amide bonds. The van der Waals surface area contributed by atoms with Crippen LogP contribution < -0.4 is 10.5 Å². The molecule has 1 unspecified atom stereocenters. The van der Waals surface area contributed by atoms with E-state index in [0.29, 0.717) is 12.5 Å². The Morgan fingerprint density at radius 1 is 1.42 bits per heavy atom. The highest BCUT2D eigenvalue weighted by molar-refractivity contribution is 5.39. The molecular formula is C15H19N3O. The van der Waals surface area contributed by atoms with E-state index in [4.69, 9.17) is 10.5 Å². The van der Waals surface area contributed by atoms with Gasteiger partial charge < -0.3 is 15.0 Å². The molecule has 0 saturated carbocycles. The maximum absolute atomic E-state index is 6.15. The first-order valence-corrected chi connectivity index (χ1v) is 6.84. The van der Waals surface area contributed by atoms with E-state index in [1.54, 1.807) is 0 Å². The van der Waals surface area contributed by atoms with E-state index in [0.717, 1.165) is 24.9 Å². The van der Waals surface area contributed by atoms with Gasteiger partial charge in [-0.05, 0) is 43.9 Å². The van der Waals surface area contributed by atoms with Gasteiger partial charge >= 0.3 is 0 Å². The molecule has 1 aliphatic rings. The number of aromatic nitrogens is 2. The fourth-order valence-electron chi connectivity index (χ4n) is 2.72. The average Bonchev–Trinajstić information content (AvgIpc) is 2.85. The summed E-state index contributed by atoms with van der Waals surface area (Å²) < 4.78 is 7.56. The summed E-state index contributed by atoms with van der Waals surface area (Å²) in [4.78, 5) is 4.32. The zero-order chi connectivity index (χ0) is 13.2. The lowest BCUT2D eigenvalue weighted by atomic mass is 9.93. The minimum absolute atomic E-state index is 0.181. The predicted octanol–water partition coefficient (Wildman–Crippen LogP) is 2.61. The number of ether oxygens (including phenoxy) is 1. The Hall–Kier alpha value is -1.81. The number of hydrogen-bond donors (Lipinski definition) is 1. The number of nitrogens with zero attached hydrogens (tertiary/aromatic N) is 2. The molecule has 0 bridgehead atoms. The summed E-state index contributed by atoms with van der Waals surface area (Å²) in [5.41, 5.74) is 9.82. The van der Waals surface area contributed by atoms with Crippen LogP contribution in [0.3, 0.4) is 0 Å². The first-order valence-electron chi connectivity index (χ1n) is 6.84. The quantitative estimate of drug-likeness (QED) is 0.919. The smallest absolute Gasteiger partial charge is 0.213 e. The summed E-state index contributed by atoms with van der Waals surface area (Å²) in [5, 5.41) is 0. The van der Waals surface area contributed by atoms with Crippen LogP contribution in [-0.2, 0) is 6.42 Å². The minimum Gasteiger partial charge on any atom is -0.478 e. The van der Waals surface area contributed by atoms with Crippen molar-refractivity contribution in [2.75, 3.05) is 6.61 Å². The molecular weight excluding hydrogens is 238 g/mol. The lowest BCUT2D eigenvalue weighted by molar-refractivity contribution is 0.327. The molecule has 4 nitrogen and oxygen atoms in total. The molecule has 0 radical (unpaired) electrons. The number of fused-ring (bicyclic) bond motifs is 1. The predicted molar refractivity (Wildman–Crippen MR) is 74.6 cm³/mol. The van der Waals surface area contributed by atoms with Crippen molar-refractivity contribution in [3.63, 3.8) is 0 Å². The normalized spacial score (nSPS) is 18.1. The van der Waals surface area contributed by atoms with Crippen molar-refractivity contribution in [2.45, 2.75) is 32.2 Å². The van der Waals surface area contributed by atoms with Crippen molar-refractivity contribution in [3.8, 4) is 11.6 Å². The van der Waals surface area contributed by atoms with Crippen molar-refractivity contribution in [1.82, 2.24) is 9.55 Å². The van der Waals surface area contributed by atoms with Gasteiger partial charge in [-0.15, -0.1) is 0 Å². The molecule has 0 aliphatic heterocycles. The molecule has 0 fully saturated rings. The molecule has 4 heteroatoms. The van der Waals surface area contributed by atoms with E-state index in [2.05, 4.69) is 21.8 Å². The fraction of sp³-hybridized carbons (Fsp3) is 0.400. The molecule has 2 heterocycles. The first-order chi connectivity index (χ1) is 9.29. The second-order valence-corrected chi connectivity index (χ2v) is 4.87. The van der Waals surface area contributed by atoms with Crippen LogP contribution in [0.4, 0.5) is 0 Å². The molecule has 0 spiro atoms. The average molecular weight is 257 g/mol. The molecule has 19 heavy (non-hydrogen) atoms. The van der Waals surface area contributed by atoms with E-state index >= 15 is 0 Å². The lowest BCUT2D eigenvalue weighted by Crippen LogP contribution is -2.17. The van der Waals surface area contributed by atoms with Gasteiger partial charge in [0.2, 0.25) is 5.88 Å². The van der Waals surface area contributed by atoms with E-state index in [1.165, 1.54) is 11.3 Å². The van der Waals surface area contributed by atoms with Crippen molar-refractivity contribution >= 4 is 0 Å². The Morgan fingerprint density at radius 2 is 2.32 bits per heavy atom. The number of pyridine rings is 1. The summed E-state index contributed by atoms with van der Waals surface area (Å²) in [6.45, 7) is 2.60. The summed E-state index contributed by atoms with van der Waals surface area (Å²) in [6, 6.07) is 6.27. The van der Waals surface area contributed by atoms with Crippen LogP contribution in [0.25, 0.3) is 5.69 Å². The lowest BCUT2D eigenvalue weighted by Gasteiger charge is -2.20. The molecule has 2 aromatic heterocycles. The molecule has 1 aliphatic carbocycles. The van der Waals surface area contributed by atoms with Crippen molar-refractivity contribution in [1.29, 1.82) is 0 Å². The standard InChI is InChI=1S/C15H19N3O/c1-2-19-15-7-6-11(10-17-15)18-9-8-12-13(16)4-3-5-14(12)18/h6-10,13H,2-5,16H2,1H3. The third kappa shape index (κ3) is 2.24. The van der Waals surface area contributed by atoms with Gasteiger partial charge in [-0.3, -0.25) is 0 Å². The Bertz CT molecular complexity index is 559. The van der Waals surface area contributed by atoms with Gasteiger partial charge in [0.15, 0.2) is 0 Å². The molecule has 2 aromatic rings. The van der Waals surface area contributed by atoms with Crippen LogP contribution in [0.1, 0.15) is 37.1 Å². The van der Waals surface area contributed by atoms with Crippen LogP contribution in [-0.4, -0.2) is 16.2 Å². The zero-order valence-electron chi connectivity index (χ0n) is 11.2. The number of rotatable bonds is 3. The van der Waals surface area contributed by atoms with Gasteiger partial charge in [0.1, 0.15) is 0 Å². The monoisotopic (exact) mass is 257 g/mol. The molecule has 1 atom stereocenters. The van der Waals surface area contributed by atoms with Crippen LogP contribution in [0, 0.1) is 0 Å². The Labute approximate surface area is 113 Å². The Kier molecular flexibility index (Phi) is 3.25. The maximum Gasteiger partial charge on any atom is 0.213 e. The third-order valence-corrected chi connectivity index (χ3v) is 3.65. The van der Waals surface area contributed by atoms with Gasteiger partial charge in [-0.2, -0.15) is 0 Å². The van der Waals surface area contributed by atoms with Crippen LogP contribution >= 0.6 is 0 Å². The van der Waals surface area contributed by atoms with E-state index in [9.17, 15) is 0 Å². The van der Waals surface area contributed by atoms with E-state index in [-0.39, 0.29) is 6.04 Å². The van der Waals surface area contributed by atoms with Crippen molar-refractivity contribution < 1.29 is 4.74 Å². The molecule has 3 rings (SSSR count). The largest absolute Gasteiger partial charge is 0.478 e. The van der Waals surface area contributed by atoms with E-state index in [1.807, 2.05) is 25.3 Å². The highest BCUT2D eigenvalue weighted by Crippen LogP contribution is 2.30. The molecule has 0 aromatic carbocycles. The molecule has 2 N–H and O–H groups in total. The maximum atomic E-state index is 6.15. The fourth-order valence-corrected chi connectivity index (χ4v) is 2.72. The van der Waals surface area contributed by atoms with Gasteiger partial charge in [-0.1, -0.05) is 0 Å². The first kappa shape index (κ1) is 12.2. The third-order valence-electron chi connectivity index (χ3n) is 3.65. The van der Waals surface area contributed by atoms with Crippen molar-refractivity contribution in [3.05, 3.63) is 41.9 Å². The summed E-state index contributed by atoms with van der Waals surface area (Å²) >= 11 is 0. The Morgan fingerprint density at radius 3 is 3.05 bits per heavy atom. The zero-order valence-corrected chi connectivity index (χ0v) is 11.2. The minimum atomic E-state index is 0.181.